The summed E-state index contributed by atoms with van der Waals surface area (Å²) in [5.74, 6) is 0.913. The third kappa shape index (κ3) is 4.55. The van der Waals surface area contributed by atoms with Gasteiger partial charge in [-0.25, -0.2) is 0 Å². The summed E-state index contributed by atoms with van der Waals surface area (Å²) in [6.07, 6.45) is 4.48. The lowest BCUT2D eigenvalue weighted by atomic mass is 9.95. The zero-order chi connectivity index (χ0) is 21.0. The Balaban J connectivity index is 1.67. The summed E-state index contributed by atoms with van der Waals surface area (Å²) in [6.45, 7) is 4.99. The van der Waals surface area contributed by atoms with E-state index < -0.39 is 0 Å². The van der Waals surface area contributed by atoms with Gasteiger partial charge in [-0.3, -0.25) is 9.59 Å². The van der Waals surface area contributed by atoms with Gasteiger partial charge in [0.25, 0.3) is 5.91 Å². The molecule has 2 heterocycles. The summed E-state index contributed by atoms with van der Waals surface area (Å²) >= 11 is 0. The van der Waals surface area contributed by atoms with Crippen LogP contribution in [-0.4, -0.2) is 44.0 Å². The second-order valence-corrected chi connectivity index (χ2v) is 7.40. The van der Waals surface area contributed by atoms with Crippen LogP contribution in [0.1, 0.15) is 47.3 Å². The normalized spacial score (nSPS) is 17.5. The maximum absolute atomic E-state index is 12.9. The minimum absolute atomic E-state index is 0.0450. The fraction of sp³-hybridized carbons (Fsp3) is 0.455. The number of aryl methyl sites for hydroxylation is 1. The number of carbonyl (C=O) groups excluding carboxylic acids is 2. The van der Waals surface area contributed by atoms with Crippen molar-refractivity contribution in [3.05, 3.63) is 47.4 Å². The molecule has 7 heteroatoms. The minimum atomic E-state index is -0.234. The number of rotatable bonds is 6. The van der Waals surface area contributed by atoms with E-state index in [-0.39, 0.29) is 23.8 Å². The molecular formula is C22H28N2O5. The lowest BCUT2D eigenvalue weighted by Gasteiger charge is -2.32. The Morgan fingerprint density at radius 3 is 2.62 bits per heavy atom. The summed E-state index contributed by atoms with van der Waals surface area (Å²) in [5, 5.41) is 3.10. The molecule has 1 aromatic heterocycles. The number of nitrogens with one attached hydrogen (secondary N) is 1. The minimum Gasteiger partial charge on any atom is -0.493 e. The van der Waals surface area contributed by atoms with Crippen molar-refractivity contribution in [1.82, 2.24) is 10.2 Å². The average Bonchev–Trinajstić information content (AvgIpc) is 3.27. The number of benzene rings is 1. The molecule has 1 aromatic carbocycles. The molecule has 2 unspecified atom stereocenters. The van der Waals surface area contributed by atoms with E-state index in [4.69, 9.17) is 13.9 Å². The van der Waals surface area contributed by atoms with Crippen LogP contribution in [0.3, 0.4) is 0 Å². The van der Waals surface area contributed by atoms with E-state index in [0.717, 1.165) is 24.0 Å². The molecule has 29 heavy (non-hydrogen) atoms. The highest BCUT2D eigenvalue weighted by Gasteiger charge is 2.30. The highest BCUT2D eigenvalue weighted by molar-refractivity contribution is 5.94. The van der Waals surface area contributed by atoms with Gasteiger partial charge < -0.3 is 24.1 Å². The van der Waals surface area contributed by atoms with Crippen LogP contribution in [0.15, 0.2) is 35.1 Å². The third-order valence-electron chi connectivity index (χ3n) is 5.45. The number of amides is 2. The number of likely N-dealkylation sites (tertiary alicyclic amines) is 1. The van der Waals surface area contributed by atoms with Crippen LogP contribution < -0.4 is 14.8 Å². The van der Waals surface area contributed by atoms with Gasteiger partial charge in [0, 0.05) is 13.1 Å². The topological polar surface area (TPSA) is 81.0 Å². The molecule has 156 valence electrons. The van der Waals surface area contributed by atoms with Gasteiger partial charge in [-0.1, -0.05) is 0 Å². The van der Waals surface area contributed by atoms with E-state index >= 15 is 0 Å². The Labute approximate surface area is 171 Å². The van der Waals surface area contributed by atoms with Crippen LogP contribution in [-0.2, 0) is 4.79 Å². The number of methoxy groups -OCH3 is 2. The van der Waals surface area contributed by atoms with Crippen LogP contribution >= 0.6 is 0 Å². The summed E-state index contributed by atoms with van der Waals surface area (Å²) < 4.78 is 15.7. The highest BCUT2D eigenvalue weighted by atomic mass is 16.5. The number of hydrogen-bond acceptors (Lipinski definition) is 5. The van der Waals surface area contributed by atoms with Gasteiger partial charge >= 0.3 is 0 Å². The van der Waals surface area contributed by atoms with Crippen LogP contribution in [0.5, 0.6) is 11.5 Å². The van der Waals surface area contributed by atoms with E-state index in [0.29, 0.717) is 30.2 Å². The molecule has 1 aliphatic heterocycles. The molecule has 2 atom stereocenters. The molecule has 7 nitrogen and oxygen atoms in total. The molecule has 0 bridgehead atoms. The summed E-state index contributed by atoms with van der Waals surface area (Å²) in [7, 11) is 3.19. The predicted molar refractivity (Wildman–Crippen MR) is 108 cm³/mol. The first-order chi connectivity index (χ1) is 13.9. The van der Waals surface area contributed by atoms with Gasteiger partial charge in [0.1, 0.15) is 6.26 Å². The van der Waals surface area contributed by atoms with Crippen molar-refractivity contribution < 1.29 is 23.5 Å². The van der Waals surface area contributed by atoms with E-state index in [1.165, 1.54) is 12.5 Å². The Morgan fingerprint density at radius 2 is 1.97 bits per heavy atom. The molecule has 1 fully saturated rings. The Kier molecular flexibility index (Phi) is 6.46. The quantitative estimate of drug-likeness (QED) is 0.804. The lowest BCUT2D eigenvalue weighted by molar-refractivity contribution is -0.127. The van der Waals surface area contributed by atoms with E-state index in [9.17, 15) is 9.59 Å². The first-order valence-electron chi connectivity index (χ1n) is 9.79. The monoisotopic (exact) mass is 400 g/mol. The fourth-order valence-electron chi connectivity index (χ4n) is 3.82. The Bertz CT molecular complexity index is 862. The maximum atomic E-state index is 12.9. The lowest BCUT2D eigenvalue weighted by Crippen LogP contribution is -2.45. The zero-order valence-corrected chi connectivity index (χ0v) is 17.4. The van der Waals surface area contributed by atoms with Crippen molar-refractivity contribution in [3.63, 3.8) is 0 Å². The number of ether oxygens (including phenoxy) is 2. The van der Waals surface area contributed by atoms with Crippen molar-refractivity contribution in [1.29, 1.82) is 0 Å². The van der Waals surface area contributed by atoms with Gasteiger partial charge in [0.05, 0.1) is 38.0 Å². The van der Waals surface area contributed by atoms with Gasteiger partial charge in [-0.15, -0.1) is 0 Å². The SMILES string of the molecule is COc1cc(C)c(C(C)NC(=O)C2CCCN(C(=O)c3ccoc3)C2)cc1OC. The predicted octanol–water partition coefficient (Wildman–Crippen LogP) is 3.33. The average molecular weight is 400 g/mol. The van der Waals surface area contributed by atoms with Crippen LogP contribution in [0.4, 0.5) is 0 Å². The number of hydrogen-bond donors (Lipinski definition) is 1. The largest absolute Gasteiger partial charge is 0.493 e. The van der Waals surface area contributed by atoms with Crippen molar-refractivity contribution in [2.24, 2.45) is 5.92 Å². The molecule has 1 saturated heterocycles. The number of nitrogens with zero attached hydrogens (tertiary/aromatic N) is 1. The molecule has 0 radical (unpaired) electrons. The zero-order valence-electron chi connectivity index (χ0n) is 17.4. The van der Waals surface area contributed by atoms with Crippen LogP contribution in [0.2, 0.25) is 0 Å². The third-order valence-corrected chi connectivity index (χ3v) is 5.45. The van der Waals surface area contributed by atoms with E-state index in [1.54, 1.807) is 25.2 Å². The standard InChI is InChI=1S/C22H28N2O5/c1-14-10-19(27-3)20(28-4)11-18(14)15(2)23-21(25)16-6-5-8-24(12-16)22(26)17-7-9-29-13-17/h7,9-11,13,15-16H,5-6,8,12H2,1-4H3,(H,23,25). The fourth-order valence-corrected chi connectivity index (χ4v) is 3.82. The van der Waals surface area contributed by atoms with Crippen molar-refractivity contribution in [2.45, 2.75) is 32.7 Å². The number of furan rings is 1. The molecule has 0 aliphatic carbocycles. The van der Waals surface area contributed by atoms with Gasteiger partial charge in [0.15, 0.2) is 11.5 Å². The van der Waals surface area contributed by atoms with E-state index in [2.05, 4.69) is 5.32 Å². The Hall–Kier alpha value is -2.96. The van der Waals surface area contributed by atoms with Crippen LogP contribution in [0.25, 0.3) is 0 Å². The molecule has 1 aliphatic rings. The summed E-state index contributed by atoms with van der Waals surface area (Å²) in [6, 6.07) is 5.26. The maximum Gasteiger partial charge on any atom is 0.257 e. The van der Waals surface area contributed by atoms with Crippen molar-refractivity contribution in [3.8, 4) is 11.5 Å². The smallest absolute Gasteiger partial charge is 0.257 e. The molecule has 0 saturated carbocycles. The Morgan fingerprint density at radius 1 is 1.24 bits per heavy atom. The first-order valence-corrected chi connectivity index (χ1v) is 9.79. The van der Waals surface area contributed by atoms with Crippen LogP contribution in [0, 0.1) is 12.8 Å². The van der Waals surface area contributed by atoms with Crippen molar-refractivity contribution >= 4 is 11.8 Å². The second kappa shape index (κ2) is 9.03. The van der Waals surface area contributed by atoms with Gasteiger partial charge in [0.2, 0.25) is 5.91 Å². The van der Waals surface area contributed by atoms with Gasteiger partial charge in [-0.2, -0.15) is 0 Å². The second-order valence-electron chi connectivity index (χ2n) is 7.40. The van der Waals surface area contributed by atoms with Crippen molar-refractivity contribution in [2.75, 3.05) is 27.3 Å². The summed E-state index contributed by atoms with van der Waals surface area (Å²) in [5.41, 5.74) is 2.49. The van der Waals surface area contributed by atoms with E-state index in [1.807, 2.05) is 26.0 Å². The molecule has 0 spiro atoms. The summed E-state index contributed by atoms with van der Waals surface area (Å²) in [4.78, 5) is 27.2. The molecule has 3 rings (SSSR count). The van der Waals surface area contributed by atoms with Gasteiger partial charge in [-0.05, 0) is 56.0 Å². The molecule has 1 N–H and O–H groups in total. The first kappa shape index (κ1) is 20.8. The number of piperidine rings is 1. The number of carbonyl (C=O) groups is 2. The highest BCUT2D eigenvalue weighted by Crippen LogP contribution is 2.33. The molecular weight excluding hydrogens is 372 g/mol. The molecule has 2 amide bonds. The molecule has 2 aromatic rings.